The van der Waals surface area contributed by atoms with Crippen molar-refractivity contribution in [1.82, 2.24) is 15.1 Å². The van der Waals surface area contributed by atoms with Crippen molar-refractivity contribution in [1.29, 1.82) is 0 Å². The van der Waals surface area contributed by atoms with Gasteiger partial charge in [-0.05, 0) is 121 Å². The number of ether oxygens (including phenoxy) is 1. The number of rotatable bonds is 6. The molecule has 4 fully saturated rings. The summed E-state index contributed by atoms with van der Waals surface area (Å²) in [5.41, 5.74) is 8.12. The smallest absolute Gasteiger partial charge is 0.255 e. The van der Waals surface area contributed by atoms with Crippen molar-refractivity contribution in [2.45, 2.75) is 81.8 Å². The Morgan fingerprint density at radius 1 is 0.833 bits per heavy atom. The Hall–Kier alpha value is -5.42. The lowest BCUT2D eigenvalue weighted by atomic mass is 9.57. The second-order valence-electron chi connectivity index (χ2n) is 18.6. The molecule has 11 heteroatoms. The molecule has 0 aromatic heterocycles. The molecule has 2 aliphatic carbocycles. The number of carbonyl (C=O) groups is 3. The first kappa shape index (κ1) is 37.6. The van der Waals surface area contributed by atoms with Crippen LogP contribution in [0.3, 0.4) is 0 Å². The van der Waals surface area contributed by atoms with Gasteiger partial charge in [0, 0.05) is 62.7 Å². The third-order valence-corrected chi connectivity index (χ3v) is 15.2. The fraction of sp³-hybridized carbons (Fsp3) is 0.449. The number of aryl methyl sites for hydroxylation is 1. The SMILES string of the molecule is O=C1CC[C@H](N2Cc3c(ccc4c3OC[C@H]3CN(CC5CC6(CCN(c7ccc([C@H]8c9ccc(O)cc9CC[C@H]8c8ccccc8)cc7F)CC6)C5)CCN43)C2=O)C(=O)N1. The Balaban J connectivity index is 0.698. The zero-order chi connectivity index (χ0) is 40.7. The second kappa shape index (κ2) is 14.6. The van der Waals surface area contributed by atoms with Crippen molar-refractivity contribution in [2.75, 3.05) is 55.7 Å². The number of fused-ring (bicyclic) bond motifs is 6. The van der Waals surface area contributed by atoms with Crippen molar-refractivity contribution in [3.63, 3.8) is 0 Å². The Labute approximate surface area is 350 Å². The minimum Gasteiger partial charge on any atom is -0.508 e. The van der Waals surface area contributed by atoms with E-state index in [4.69, 9.17) is 4.74 Å². The van der Waals surface area contributed by atoms with Gasteiger partial charge in [0.1, 0.15) is 30.0 Å². The van der Waals surface area contributed by atoms with Crippen LogP contribution in [0, 0.1) is 17.2 Å². The highest BCUT2D eigenvalue weighted by Crippen LogP contribution is 2.54. The minimum atomic E-state index is -0.643. The van der Waals surface area contributed by atoms with Crippen LogP contribution in [-0.4, -0.2) is 90.6 Å². The predicted molar refractivity (Wildman–Crippen MR) is 226 cm³/mol. The van der Waals surface area contributed by atoms with E-state index >= 15 is 4.39 Å². The average molecular weight is 810 g/mol. The first-order valence-corrected chi connectivity index (χ1v) is 22.0. The summed E-state index contributed by atoms with van der Waals surface area (Å²) < 4.78 is 22.7. The summed E-state index contributed by atoms with van der Waals surface area (Å²) in [5, 5.41) is 12.6. The fourth-order valence-electron chi connectivity index (χ4n) is 12.3. The Morgan fingerprint density at radius 3 is 2.45 bits per heavy atom. The van der Waals surface area contributed by atoms with Crippen LogP contribution in [0.2, 0.25) is 0 Å². The van der Waals surface area contributed by atoms with Crippen LogP contribution in [0.1, 0.15) is 95.0 Å². The lowest BCUT2D eigenvalue weighted by molar-refractivity contribution is -0.136. The van der Waals surface area contributed by atoms with E-state index in [0.29, 0.717) is 42.2 Å². The monoisotopic (exact) mass is 809 g/mol. The zero-order valence-corrected chi connectivity index (χ0v) is 34.0. The number of phenols is 1. The molecule has 0 unspecified atom stereocenters. The summed E-state index contributed by atoms with van der Waals surface area (Å²) >= 11 is 0. The first-order chi connectivity index (χ1) is 29.2. The van der Waals surface area contributed by atoms with E-state index in [2.05, 4.69) is 50.3 Å². The molecular weight excluding hydrogens is 758 g/mol. The van der Waals surface area contributed by atoms with Gasteiger partial charge in [0.25, 0.3) is 5.91 Å². The summed E-state index contributed by atoms with van der Waals surface area (Å²) in [6, 6.07) is 25.7. The maximum Gasteiger partial charge on any atom is 0.255 e. The summed E-state index contributed by atoms with van der Waals surface area (Å²) in [6.07, 6.45) is 7.06. The maximum absolute atomic E-state index is 16.2. The van der Waals surface area contributed by atoms with Crippen molar-refractivity contribution in [3.8, 4) is 11.5 Å². The van der Waals surface area contributed by atoms with E-state index in [0.717, 1.165) is 93.1 Å². The molecular formula is C49H52FN5O5. The number of nitrogens with zero attached hydrogens (tertiary/aromatic N) is 4. The van der Waals surface area contributed by atoms with Gasteiger partial charge in [-0.2, -0.15) is 0 Å². The van der Waals surface area contributed by atoms with Gasteiger partial charge < -0.3 is 24.5 Å². The molecule has 0 radical (unpaired) electrons. The third kappa shape index (κ3) is 6.42. The summed E-state index contributed by atoms with van der Waals surface area (Å²) in [4.78, 5) is 46.6. The van der Waals surface area contributed by atoms with Crippen molar-refractivity contribution < 1.29 is 28.6 Å². The van der Waals surface area contributed by atoms with Gasteiger partial charge in [0.15, 0.2) is 0 Å². The number of carbonyl (C=O) groups excluding carboxylic acids is 3. The van der Waals surface area contributed by atoms with Crippen LogP contribution in [0.5, 0.6) is 11.5 Å². The van der Waals surface area contributed by atoms with Gasteiger partial charge in [-0.25, -0.2) is 4.39 Å². The molecule has 4 atom stereocenters. The van der Waals surface area contributed by atoms with Crippen LogP contribution < -0.4 is 19.9 Å². The number of piperazine rings is 1. The lowest BCUT2D eigenvalue weighted by Crippen LogP contribution is -2.59. The number of anilines is 2. The van der Waals surface area contributed by atoms with E-state index in [9.17, 15) is 19.5 Å². The molecule has 4 aromatic rings. The number of nitrogens with one attached hydrogen (secondary N) is 1. The van der Waals surface area contributed by atoms with Gasteiger partial charge in [0.2, 0.25) is 11.8 Å². The molecule has 60 heavy (non-hydrogen) atoms. The number of hydrogen-bond acceptors (Lipinski definition) is 8. The molecule has 7 aliphatic rings. The van der Waals surface area contributed by atoms with Crippen LogP contribution in [0.4, 0.5) is 15.8 Å². The Kier molecular flexibility index (Phi) is 9.17. The van der Waals surface area contributed by atoms with Crippen molar-refractivity contribution in [2.24, 2.45) is 11.3 Å². The van der Waals surface area contributed by atoms with E-state index in [-0.39, 0.29) is 47.7 Å². The lowest BCUT2D eigenvalue weighted by Gasteiger charge is -2.54. The van der Waals surface area contributed by atoms with Gasteiger partial charge in [-0.15, -0.1) is 0 Å². The highest BCUT2D eigenvalue weighted by molar-refractivity contribution is 6.06. The number of phenolic OH excluding ortho intramolecular Hbond substituents is 1. The Bertz CT molecular complexity index is 2370. The highest BCUT2D eigenvalue weighted by Gasteiger charge is 2.48. The van der Waals surface area contributed by atoms with E-state index in [1.807, 2.05) is 36.4 Å². The molecule has 0 bridgehead atoms. The summed E-state index contributed by atoms with van der Waals surface area (Å²) in [7, 11) is 0. The van der Waals surface area contributed by atoms with Crippen LogP contribution in [0.25, 0.3) is 0 Å². The molecule has 310 valence electrons. The summed E-state index contributed by atoms with van der Waals surface area (Å²) in [5.74, 6) is 0.961. The van der Waals surface area contributed by atoms with Crippen LogP contribution in [-0.2, 0) is 22.6 Å². The van der Waals surface area contributed by atoms with E-state index in [1.165, 1.54) is 24.0 Å². The standard InChI is InChI=1S/C49H52FN5O5/c50-40-23-33(45-36(31-4-2-1-3-5-31)9-6-32-22-35(56)8-10-37(32)45)7-12-41(40)53-18-16-49(17-19-53)24-30(25-49)26-52-20-21-54-34(27-52)29-60-46-39-28-55(43-14-15-44(57)51-47(43)58)48(59)38(39)11-13-42(46)54/h1-5,7-8,10-13,22-23,30,34,36,43,45,56H,6,9,14-21,24-29H2,(H,51,57,58)/t34-,36+,43+,45-/m1/s1. The normalized spacial score (nSPS) is 26.1. The summed E-state index contributed by atoms with van der Waals surface area (Å²) in [6.45, 7) is 6.51. The number of imide groups is 1. The number of halogens is 1. The highest BCUT2D eigenvalue weighted by atomic mass is 19.1. The fourth-order valence-corrected chi connectivity index (χ4v) is 12.3. The molecule has 1 spiro atoms. The quantitative estimate of drug-likeness (QED) is 0.207. The number of piperidine rings is 2. The number of benzene rings is 4. The molecule has 3 saturated heterocycles. The Morgan fingerprint density at radius 2 is 1.65 bits per heavy atom. The van der Waals surface area contributed by atoms with E-state index in [1.54, 1.807) is 17.0 Å². The molecule has 10 nitrogen and oxygen atoms in total. The molecule has 11 rings (SSSR count). The molecule has 2 N–H and O–H groups in total. The average Bonchev–Trinajstić information content (AvgIpc) is 3.58. The van der Waals surface area contributed by atoms with Crippen molar-refractivity contribution >= 4 is 29.1 Å². The molecule has 4 aromatic carbocycles. The van der Waals surface area contributed by atoms with Gasteiger partial charge in [-0.1, -0.05) is 42.5 Å². The topological polar surface area (TPSA) is 106 Å². The number of amides is 3. The third-order valence-electron chi connectivity index (χ3n) is 15.2. The second-order valence-corrected chi connectivity index (χ2v) is 18.6. The molecule has 3 amide bonds. The number of hydrogen-bond donors (Lipinski definition) is 2. The molecule has 1 saturated carbocycles. The van der Waals surface area contributed by atoms with Crippen molar-refractivity contribution in [3.05, 3.63) is 118 Å². The van der Waals surface area contributed by atoms with Crippen LogP contribution in [0.15, 0.2) is 78.9 Å². The number of aromatic hydroxyl groups is 1. The molecule has 5 heterocycles. The first-order valence-electron chi connectivity index (χ1n) is 22.0. The van der Waals surface area contributed by atoms with Gasteiger partial charge in [0.05, 0.1) is 24.0 Å². The van der Waals surface area contributed by atoms with Gasteiger partial charge in [-0.3, -0.25) is 24.6 Å². The van der Waals surface area contributed by atoms with E-state index < -0.39 is 11.9 Å². The maximum atomic E-state index is 16.2. The predicted octanol–water partition coefficient (Wildman–Crippen LogP) is 6.73. The van der Waals surface area contributed by atoms with Crippen LogP contribution >= 0.6 is 0 Å². The zero-order valence-electron chi connectivity index (χ0n) is 34.0. The largest absolute Gasteiger partial charge is 0.508 e. The molecule has 5 aliphatic heterocycles. The van der Waals surface area contributed by atoms with Gasteiger partial charge >= 0.3 is 0 Å². The minimum absolute atomic E-state index is 0.0221.